The summed E-state index contributed by atoms with van der Waals surface area (Å²) in [5.74, 6) is 2.03. The number of methoxy groups -OCH3 is 1. The number of hydrogen-bond acceptors (Lipinski definition) is 5. The highest BCUT2D eigenvalue weighted by atomic mass is 16.5. The summed E-state index contributed by atoms with van der Waals surface area (Å²) in [6.07, 6.45) is 0.599. The van der Waals surface area contributed by atoms with Crippen molar-refractivity contribution in [3.8, 4) is 5.75 Å². The van der Waals surface area contributed by atoms with Crippen LogP contribution in [0.5, 0.6) is 5.75 Å². The molecule has 0 bridgehead atoms. The van der Waals surface area contributed by atoms with Crippen LogP contribution in [0.2, 0.25) is 0 Å². The normalized spacial score (nSPS) is 12.5. The van der Waals surface area contributed by atoms with Gasteiger partial charge in [-0.05, 0) is 45.4 Å². The molecule has 2 aromatic rings. The quantitative estimate of drug-likeness (QED) is 0.916. The number of benzene rings is 1. The number of ether oxygens (including phenoxy) is 1. The zero-order chi connectivity index (χ0) is 15.7. The van der Waals surface area contributed by atoms with Crippen LogP contribution in [0.3, 0.4) is 0 Å². The van der Waals surface area contributed by atoms with Gasteiger partial charge in [0.25, 0.3) is 0 Å². The van der Waals surface area contributed by atoms with Gasteiger partial charge in [-0.15, -0.1) is 0 Å². The predicted molar refractivity (Wildman–Crippen MR) is 81.4 cm³/mol. The molecule has 0 spiro atoms. The topological polar surface area (TPSA) is 74.2 Å². The molecule has 0 fully saturated rings. The molecule has 0 amide bonds. The summed E-state index contributed by atoms with van der Waals surface area (Å²) in [5.41, 5.74) is 6.43. The summed E-state index contributed by atoms with van der Waals surface area (Å²) in [5, 5.41) is 4.06. The molecule has 0 saturated carbocycles. The second kappa shape index (κ2) is 5.48. The first kappa shape index (κ1) is 15.5. The van der Waals surface area contributed by atoms with E-state index in [4.69, 9.17) is 15.0 Å². The molecular formula is C16H23N3O2. The highest BCUT2D eigenvalue weighted by molar-refractivity contribution is 5.30. The minimum absolute atomic E-state index is 0.396. The van der Waals surface area contributed by atoms with Gasteiger partial charge in [-0.1, -0.05) is 17.3 Å². The lowest BCUT2D eigenvalue weighted by Gasteiger charge is -2.34. The summed E-state index contributed by atoms with van der Waals surface area (Å²) >= 11 is 0. The molecule has 114 valence electrons. The molecule has 0 radical (unpaired) electrons. The Kier molecular flexibility index (Phi) is 4.05. The number of aromatic nitrogens is 2. The van der Waals surface area contributed by atoms with E-state index in [1.165, 1.54) is 0 Å². The lowest BCUT2D eigenvalue weighted by Crippen LogP contribution is -2.50. The van der Waals surface area contributed by atoms with E-state index in [0.717, 1.165) is 11.3 Å². The van der Waals surface area contributed by atoms with Crippen molar-refractivity contribution in [2.75, 3.05) is 7.11 Å². The van der Waals surface area contributed by atoms with Gasteiger partial charge in [0.1, 0.15) is 5.75 Å². The van der Waals surface area contributed by atoms with Crippen molar-refractivity contribution in [3.05, 3.63) is 41.5 Å². The molecule has 2 rings (SSSR count). The van der Waals surface area contributed by atoms with E-state index in [-0.39, 0.29) is 0 Å². The third-order valence-electron chi connectivity index (χ3n) is 4.11. The molecular weight excluding hydrogens is 266 g/mol. The molecule has 0 atom stereocenters. The van der Waals surface area contributed by atoms with Gasteiger partial charge < -0.3 is 15.0 Å². The lowest BCUT2D eigenvalue weighted by atomic mass is 9.75. The van der Waals surface area contributed by atoms with Crippen LogP contribution < -0.4 is 10.5 Å². The molecule has 1 heterocycles. The minimum atomic E-state index is -0.452. The van der Waals surface area contributed by atoms with Crippen LogP contribution in [0, 0.1) is 0 Å². The van der Waals surface area contributed by atoms with E-state index >= 15 is 0 Å². The second-order valence-corrected chi connectivity index (χ2v) is 6.39. The average molecular weight is 289 g/mol. The molecule has 5 heteroatoms. The van der Waals surface area contributed by atoms with E-state index < -0.39 is 11.0 Å². The van der Waals surface area contributed by atoms with Gasteiger partial charge in [-0.3, -0.25) is 0 Å². The number of hydrogen-bond donors (Lipinski definition) is 1. The smallest absolute Gasteiger partial charge is 0.234 e. The van der Waals surface area contributed by atoms with Gasteiger partial charge in [0.2, 0.25) is 5.89 Å². The third kappa shape index (κ3) is 3.24. The highest BCUT2D eigenvalue weighted by Crippen LogP contribution is 2.31. The largest absolute Gasteiger partial charge is 0.497 e. The first-order valence-electron chi connectivity index (χ1n) is 6.99. The Bertz CT molecular complexity index is 612. The second-order valence-electron chi connectivity index (χ2n) is 6.39. The highest BCUT2D eigenvalue weighted by Gasteiger charge is 2.40. The maximum atomic E-state index is 6.20. The predicted octanol–water partition coefficient (Wildman–Crippen LogP) is 2.68. The van der Waals surface area contributed by atoms with Gasteiger partial charge >= 0.3 is 0 Å². The third-order valence-corrected chi connectivity index (χ3v) is 4.11. The molecule has 0 aliphatic rings. The fourth-order valence-corrected chi connectivity index (χ4v) is 1.82. The molecule has 0 aliphatic carbocycles. The van der Waals surface area contributed by atoms with E-state index in [1.807, 2.05) is 52.0 Å². The monoisotopic (exact) mass is 289 g/mol. The standard InChI is InChI=1S/C16H23N3O2/c1-15(2,16(3,4)17)14-18-13(19-21-14)10-11-7-6-8-12(9-11)20-5/h6-9H,10,17H2,1-5H3. The van der Waals surface area contributed by atoms with Crippen LogP contribution in [0.4, 0.5) is 0 Å². The Morgan fingerprint density at radius 3 is 2.57 bits per heavy atom. The minimum Gasteiger partial charge on any atom is -0.497 e. The Morgan fingerprint density at radius 2 is 1.95 bits per heavy atom. The Balaban J connectivity index is 2.20. The first-order valence-corrected chi connectivity index (χ1v) is 6.99. The SMILES string of the molecule is COc1cccc(Cc2noc(C(C)(C)C(C)(C)N)n2)c1. The van der Waals surface area contributed by atoms with Crippen molar-refractivity contribution >= 4 is 0 Å². The number of nitrogens with two attached hydrogens (primary N) is 1. The van der Waals surface area contributed by atoms with Crippen molar-refractivity contribution < 1.29 is 9.26 Å². The maximum Gasteiger partial charge on any atom is 0.234 e. The molecule has 1 aromatic heterocycles. The summed E-state index contributed by atoms with van der Waals surface area (Å²) < 4.78 is 10.6. The number of rotatable bonds is 5. The zero-order valence-corrected chi connectivity index (χ0v) is 13.3. The zero-order valence-electron chi connectivity index (χ0n) is 13.3. The van der Waals surface area contributed by atoms with Crippen LogP contribution in [0.15, 0.2) is 28.8 Å². The summed E-state index contributed by atoms with van der Waals surface area (Å²) in [4.78, 5) is 4.50. The van der Waals surface area contributed by atoms with Gasteiger partial charge in [0.05, 0.1) is 12.5 Å². The summed E-state index contributed by atoms with van der Waals surface area (Å²) in [7, 11) is 1.65. The van der Waals surface area contributed by atoms with Crippen LogP contribution >= 0.6 is 0 Å². The van der Waals surface area contributed by atoms with Crippen molar-refractivity contribution in [1.29, 1.82) is 0 Å². The Labute approximate surface area is 125 Å². The van der Waals surface area contributed by atoms with E-state index in [2.05, 4.69) is 10.1 Å². The van der Waals surface area contributed by atoms with Crippen LogP contribution in [-0.4, -0.2) is 22.8 Å². The van der Waals surface area contributed by atoms with E-state index in [0.29, 0.717) is 18.1 Å². The molecule has 0 aliphatic heterocycles. The van der Waals surface area contributed by atoms with E-state index in [1.54, 1.807) is 7.11 Å². The molecule has 5 nitrogen and oxygen atoms in total. The maximum absolute atomic E-state index is 6.20. The number of nitrogens with zero attached hydrogens (tertiary/aromatic N) is 2. The van der Waals surface area contributed by atoms with Crippen molar-refractivity contribution in [1.82, 2.24) is 10.1 Å². The Morgan fingerprint density at radius 1 is 1.24 bits per heavy atom. The van der Waals surface area contributed by atoms with E-state index in [9.17, 15) is 0 Å². The fraction of sp³-hybridized carbons (Fsp3) is 0.500. The lowest BCUT2D eigenvalue weighted by molar-refractivity contribution is 0.222. The van der Waals surface area contributed by atoms with Crippen LogP contribution in [0.25, 0.3) is 0 Å². The molecule has 0 unspecified atom stereocenters. The summed E-state index contributed by atoms with van der Waals surface area (Å²) in [6.45, 7) is 7.93. The molecule has 21 heavy (non-hydrogen) atoms. The Hall–Kier alpha value is -1.88. The van der Waals surface area contributed by atoms with Crippen molar-refractivity contribution in [2.24, 2.45) is 5.73 Å². The molecule has 0 saturated heterocycles. The van der Waals surface area contributed by atoms with Gasteiger partial charge in [0, 0.05) is 12.0 Å². The first-order chi connectivity index (χ1) is 9.74. The van der Waals surface area contributed by atoms with Crippen molar-refractivity contribution in [2.45, 2.75) is 45.1 Å². The van der Waals surface area contributed by atoms with Gasteiger partial charge in [-0.2, -0.15) is 4.98 Å². The van der Waals surface area contributed by atoms with Crippen molar-refractivity contribution in [3.63, 3.8) is 0 Å². The van der Waals surface area contributed by atoms with Gasteiger partial charge in [0.15, 0.2) is 5.82 Å². The van der Waals surface area contributed by atoms with Gasteiger partial charge in [-0.25, -0.2) is 0 Å². The molecule has 2 N–H and O–H groups in total. The average Bonchev–Trinajstić information content (AvgIpc) is 2.86. The summed E-state index contributed by atoms with van der Waals surface area (Å²) in [6, 6.07) is 7.83. The van der Waals surface area contributed by atoms with Crippen LogP contribution in [0.1, 0.15) is 45.0 Å². The fourth-order valence-electron chi connectivity index (χ4n) is 1.82. The van der Waals surface area contributed by atoms with Crippen LogP contribution in [-0.2, 0) is 11.8 Å². The molecule has 1 aromatic carbocycles.